The number of phenols is 1. The summed E-state index contributed by atoms with van der Waals surface area (Å²) in [6, 6.07) is 16.6. The summed E-state index contributed by atoms with van der Waals surface area (Å²) in [7, 11) is 1.65. The Labute approximate surface area is 144 Å². The summed E-state index contributed by atoms with van der Waals surface area (Å²) in [4.78, 5) is 13.4. The number of phenolic OH excluding ortho intramolecular Hbond substituents is 1. The number of pyridine rings is 1. The van der Waals surface area contributed by atoms with Crippen molar-refractivity contribution in [3.05, 3.63) is 67.0 Å². The van der Waals surface area contributed by atoms with Crippen molar-refractivity contribution in [2.45, 2.75) is 0 Å². The number of hydrogen-bond donors (Lipinski definition) is 1. The number of fused-ring (bicyclic) bond motifs is 1. The Hall–Kier alpha value is -3.47. The fraction of sp³-hybridized carbons (Fsp3) is 0.0500. The molecule has 0 aliphatic rings. The zero-order valence-corrected chi connectivity index (χ0v) is 13.5. The first-order chi connectivity index (χ1) is 12.2. The molecule has 0 aliphatic carbocycles. The number of methoxy groups -OCH3 is 1. The van der Waals surface area contributed by atoms with Gasteiger partial charge in [-0.25, -0.2) is 9.97 Å². The lowest BCUT2D eigenvalue weighted by Crippen LogP contribution is -1.92. The van der Waals surface area contributed by atoms with E-state index in [0.717, 1.165) is 33.5 Å². The van der Waals surface area contributed by atoms with Crippen molar-refractivity contribution in [2.75, 3.05) is 7.11 Å². The van der Waals surface area contributed by atoms with Crippen LogP contribution in [-0.2, 0) is 0 Å². The van der Waals surface area contributed by atoms with Crippen molar-refractivity contribution in [2.24, 2.45) is 0 Å². The maximum Gasteiger partial charge on any atom is 0.159 e. The summed E-state index contributed by atoms with van der Waals surface area (Å²) >= 11 is 0. The molecule has 0 amide bonds. The van der Waals surface area contributed by atoms with Crippen LogP contribution in [0.3, 0.4) is 0 Å². The number of aromatic hydroxyl groups is 1. The van der Waals surface area contributed by atoms with Gasteiger partial charge in [-0.3, -0.25) is 4.98 Å². The summed E-state index contributed by atoms with van der Waals surface area (Å²) in [5.74, 6) is 1.63. The molecular weight excluding hydrogens is 314 g/mol. The van der Waals surface area contributed by atoms with E-state index >= 15 is 0 Å². The number of ether oxygens (including phenoxy) is 1. The van der Waals surface area contributed by atoms with Crippen LogP contribution in [0.5, 0.6) is 11.5 Å². The fourth-order valence-electron chi connectivity index (χ4n) is 2.61. The molecule has 0 unspecified atom stereocenters. The first kappa shape index (κ1) is 15.1. The van der Waals surface area contributed by atoms with Crippen LogP contribution in [0.1, 0.15) is 0 Å². The smallest absolute Gasteiger partial charge is 0.159 e. The summed E-state index contributed by atoms with van der Waals surface area (Å²) in [6.07, 6.45) is 3.52. The highest BCUT2D eigenvalue weighted by Gasteiger charge is 2.06. The molecule has 0 spiro atoms. The van der Waals surface area contributed by atoms with Crippen molar-refractivity contribution in [3.8, 4) is 34.0 Å². The van der Waals surface area contributed by atoms with Gasteiger partial charge in [-0.2, -0.15) is 0 Å². The lowest BCUT2D eigenvalue weighted by molar-refractivity contribution is 0.415. The molecule has 0 radical (unpaired) electrons. The van der Waals surface area contributed by atoms with E-state index < -0.39 is 0 Å². The van der Waals surface area contributed by atoms with Crippen molar-refractivity contribution in [1.29, 1.82) is 0 Å². The van der Waals surface area contributed by atoms with Crippen LogP contribution in [0.4, 0.5) is 0 Å². The number of aromatic nitrogens is 3. The van der Waals surface area contributed by atoms with Crippen LogP contribution in [0.2, 0.25) is 0 Å². The van der Waals surface area contributed by atoms with Crippen LogP contribution < -0.4 is 4.74 Å². The number of hydrogen-bond acceptors (Lipinski definition) is 5. The lowest BCUT2D eigenvalue weighted by atomic mass is 10.1. The Balaban J connectivity index is 1.76. The summed E-state index contributed by atoms with van der Waals surface area (Å²) in [6.45, 7) is 0. The normalized spacial score (nSPS) is 10.8. The van der Waals surface area contributed by atoms with E-state index in [9.17, 15) is 5.11 Å². The molecule has 122 valence electrons. The van der Waals surface area contributed by atoms with Crippen molar-refractivity contribution in [3.63, 3.8) is 0 Å². The SMILES string of the molecule is COc1ccc(-c2cnc3cnc(-c4ccc(O)cc4)nc3c2)cc1. The largest absolute Gasteiger partial charge is 0.508 e. The van der Waals surface area contributed by atoms with E-state index in [0.29, 0.717) is 5.82 Å². The molecule has 0 atom stereocenters. The molecule has 4 rings (SSSR count). The Morgan fingerprint density at radius 1 is 0.760 bits per heavy atom. The fourth-order valence-corrected chi connectivity index (χ4v) is 2.61. The first-order valence-corrected chi connectivity index (χ1v) is 7.79. The maximum absolute atomic E-state index is 9.42. The molecule has 0 bridgehead atoms. The third-order valence-corrected chi connectivity index (χ3v) is 3.98. The molecule has 0 saturated carbocycles. The second kappa shape index (κ2) is 6.20. The van der Waals surface area contributed by atoms with E-state index in [-0.39, 0.29) is 5.75 Å². The third kappa shape index (κ3) is 2.99. The highest BCUT2D eigenvalue weighted by atomic mass is 16.5. The zero-order valence-electron chi connectivity index (χ0n) is 13.5. The summed E-state index contributed by atoms with van der Waals surface area (Å²) < 4.78 is 5.19. The Kier molecular flexibility index (Phi) is 3.74. The highest BCUT2D eigenvalue weighted by molar-refractivity contribution is 5.81. The average Bonchev–Trinajstić information content (AvgIpc) is 2.68. The zero-order chi connectivity index (χ0) is 17.2. The van der Waals surface area contributed by atoms with E-state index in [2.05, 4.69) is 15.0 Å². The molecule has 2 aromatic carbocycles. The van der Waals surface area contributed by atoms with E-state index in [4.69, 9.17) is 4.74 Å². The molecule has 1 N–H and O–H groups in total. The minimum absolute atomic E-state index is 0.216. The van der Waals surface area contributed by atoms with Crippen molar-refractivity contribution < 1.29 is 9.84 Å². The van der Waals surface area contributed by atoms with Crippen LogP contribution in [0, 0.1) is 0 Å². The first-order valence-electron chi connectivity index (χ1n) is 7.79. The van der Waals surface area contributed by atoms with Gasteiger partial charge < -0.3 is 9.84 Å². The molecule has 5 nitrogen and oxygen atoms in total. The molecule has 4 aromatic rings. The molecule has 25 heavy (non-hydrogen) atoms. The second-order valence-corrected chi connectivity index (χ2v) is 5.60. The summed E-state index contributed by atoms with van der Waals surface area (Å²) in [5, 5.41) is 9.42. The Bertz CT molecular complexity index is 1030. The van der Waals surface area contributed by atoms with Gasteiger partial charge >= 0.3 is 0 Å². The van der Waals surface area contributed by atoms with Crippen LogP contribution >= 0.6 is 0 Å². The predicted molar refractivity (Wildman–Crippen MR) is 96.4 cm³/mol. The number of rotatable bonds is 3. The Morgan fingerprint density at radius 2 is 1.48 bits per heavy atom. The van der Waals surface area contributed by atoms with Crippen LogP contribution in [-0.4, -0.2) is 27.2 Å². The van der Waals surface area contributed by atoms with Crippen molar-refractivity contribution >= 4 is 11.0 Å². The molecule has 5 heteroatoms. The van der Waals surface area contributed by atoms with Crippen LogP contribution in [0.25, 0.3) is 33.5 Å². The topological polar surface area (TPSA) is 68.1 Å². The Morgan fingerprint density at radius 3 is 2.20 bits per heavy atom. The van der Waals surface area contributed by atoms with Crippen molar-refractivity contribution in [1.82, 2.24) is 15.0 Å². The van der Waals surface area contributed by atoms with Gasteiger partial charge in [-0.15, -0.1) is 0 Å². The molecule has 0 aliphatic heterocycles. The third-order valence-electron chi connectivity index (χ3n) is 3.98. The molecule has 0 fully saturated rings. The quantitative estimate of drug-likeness (QED) is 0.613. The van der Waals surface area contributed by atoms with Gasteiger partial charge in [0.05, 0.1) is 18.8 Å². The predicted octanol–water partition coefficient (Wildman–Crippen LogP) is 4.07. The van der Waals surface area contributed by atoms with Gasteiger partial charge in [0.1, 0.15) is 17.0 Å². The van der Waals surface area contributed by atoms with E-state index in [1.807, 2.05) is 36.5 Å². The van der Waals surface area contributed by atoms with Gasteiger partial charge in [0.2, 0.25) is 0 Å². The standard InChI is InChI=1S/C20H15N3O2/c1-25-17-8-4-13(5-9-17)15-10-18-19(21-11-15)12-22-20(23-18)14-2-6-16(24)7-3-14/h2-12,24H,1H3. The van der Waals surface area contributed by atoms with Gasteiger partial charge in [0, 0.05) is 17.3 Å². The van der Waals surface area contributed by atoms with Gasteiger partial charge in [-0.1, -0.05) is 12.1 Å². The minimum Gasteiger partial charge on any atom is -0.508 e. The maximum atomic E-state index is 9.42. The monoisotopic (exact) mass is 329 g/mol. The molecule has 2 aromatic heterocycles. The molecule has 2 heterocycles. The van der Waals surface area contributed by atoms with E-state index in [1.54, 1.807) is 37.6 Å². The van der Waals surface area contributed by atoms with E-state index in [1.165, 1.54) is 0 Å². The number of nitrogens with zero attached hydrogens (tertiary/aromatic N) is 3. The molecular formula is C20H15N3O2. The van der Waals surface area contributed by atoms with Gasteiger partial charge in [-0.05, 0) is 48.0 Å². The van der Waals surface area contributed by atoms with Gasteiger partial charge in [0.15, 0.2) is 5.82 Å². The van der Waals surface area contributed by atoms with Gasteiger partial charge in [0.25, 0.3) is 0 Å². The second-order valence-electron chi connectivity index (χ2n) is 5.60. The summed E-state index contributed by atoms with van der Waals surface area (Å²) in [5.41, 5.74) is 4.37. The lowest BCUT2D eigenvalue weighted by Gasteiger charge is -2.06. The van der Waals surface area contributed by atoms with Crippen LogP contribution in [0.15, 0.2) is 67.0 Å². The highest BCUT2D eigenvalue weighted by Crippen LogP contribution is 2.25. The molecule has 0 saturated heterocycles. The number of benzene rings is 2. The average molecular weight is 329 g/mol. The minimum atomic E-state index is 0.216.